The second kappa shape index (κ2) is 6.32. The maximum Gasteiger partial charge on any atom is 0.271 e. The topological polar surface area (TPSA) is 98.5 Å². The molecule has 0 aliphatic heterocycles. The third kappa shape index (κ3) is 3.37. The molecule has 1 N–H and O–H groups in total. The summed E-state index contributed by atoms with van der Waals surface area (Å²) < 4.78 is 32.8. The predicted octanol–water partition coefficient (Wildman–Crippen LogP) is 3.17. The van der Waals surface area contributed by atoms with E-state index in [4.69, 9.17) is 4.74 Å². The highest BCUT2D eigenvalue weighted by molar-refractivity contribution is 9.10. The lowest BCUT2D eigenvalue weighted by Gasteiger charge is -2.12. The number of methoxy groups -OCH3 is 1. The molecule has 0 saturated carbocycles. The van der Waals surface area contributed by atoms with E-state index in [2.05, 4.69) is 20.7 Å². The molecule has 0 saturated heterocycles. The van der Waals surface area contributed by atoms with Gasteiger partial charge in [0.25, 0.3) is 15.7 Å². The van der Waals surface area contributed by atoms with Crippen molar-refractivity contribution in [2.75, 3.05) is 11.8 Å². The predicted molar refractivity (Wildman–Crippen MR) is 84.6 cm³/mol. The molecule has 0 aromatic heterocycles. The largest absolute Gasteiger partial charge is 0.495 e. The third-order valence-corrected chi connectivity index (χ3v) is 4.84. The Morgan fingerprint density at radius 2 is 1.91 bits per heavy atom. The average Bonchev–Trinajstić information content (AvgIpc) is 2.48. The van der Waals surface area contributed by atoms with Gasteiger partial charge in [-0.2, -0.15) is 0 Å². The van der Waals surface area contributed by atoms with E-state index >= 15 is 0 Å². The van der Waals surface area contributed by atoms with Crippen molar-refractivity contribution in [1.82, 2.24) is 0 Å². The lowest BCUT2D eigenvalue weighted by Crippen LogP contribution is -2.14. The van der Waals surface area contributed by atoms with Crippen molar-refractivity contribution in [2.45, 2.75) is 4.90 Å². The highest BCUT2D eigenvalue weighted by Gasteiger charge is 2.23. The number of hydrogen-bond acceptors (Lipinski definition) is 5. The fourth-order valence-electron chi connectivity index (χ4n) is 1.73. The fourth-order valence-corrected chi connectivity index (χ4v) is 3.52. The summed E-state index contributed by atoms with van der Waals surface area (Å²) in [7, 11) is -2.75. The Kier molecular flexibility index (Phi) is 4.67. The number of rotatable bonds is 5. The first-order valence-electron chi connectivity index (χ1n) is 5.95. The molecule has 116 valence electrons. The first-order chi connectivity index (χ1) is 10.3. The molecule has 0 radical (unpaired) electrons. The van der Waals surface area contributed by atoms with E-state index in [-0.39, 0.29) is 16.3 Å². The molecule has 2 aromatic rings. The molecule has 0 atom stereocenters. The minimum Gasteiger partial charge on any atom is -0.495 e. The monoisotopic (exact) mass is 386 g/mol. The van der Waals surface area contributed by atoms with Gasteiger partial charge >= 0.3 is 0 Å². The van der Waals surface area contributed by atoms with Crippen molar-refractivity contribution in [2.24, 2.45) is 0 Å². The van der Waals surface area contributed by atoms with Crippen LogP contribution in [0.1, 0.15) is 0 Å². The van der Waals surface area contributed by atoms with Crippen molar-refractivity contribution in [3.05, 3.63) is 57.1 Å². The van der Waals surface area contributed by atoms with Crippen molar-refractivity contribution in [1.29, 1.82) is 0 Å². The number of nitro benzene ring substituents is 1. The summed E-state index contributed by atoms with van der Waals surface area (Å²) in [5.74, 6) is 0.0187. The van der Waals surface area contributed by atoms with Gasteiger partial charge in [0.15, 0.2) is 0 Å². The van der Waals surface area contributed by atoms with Crippen LogP contribution in [0.25, 0.3) is 0 Å². The van der Waals surface area contributed by atoms with E-state index in [0.29, 0.717) is 10.2 Å². The standard InChI is InChI=1S/C13H11BrN2O5S/c1-21-12-7-6-9(16(17)18)8-13(12)22(19,20)15-11-5-3-2-4-10(11)14/h2-8,15H,1H3. The van der Waals surface area contributed by atoms with Crippen LogP contribution in [-0.4, -0.2) is 20.5 Å². The Balaban J connectivity index is 2.51. The normalized spacial score (nSPS) is 11.0. The molecule has 0 fully saturated rings. The molecule has 0 heterocycles. The molecular weight excluding hydrogens is 376 g/mol. The molecule has 9 heteroatoms. The van der Waals surface area contributed by atoms with E-state index in [1.54, 1.807) is 24.3 Å². The van der Waals surface area contributed by atoms with Gasteiger partial charge in [0, 0.05) is 16.6 Å². The van der Waals surface area contributed by atoms with E-state index in [1.165, 1.54) is 19.2 Å². The van der Waals surface area contributed by atoms with Crippen LogP contribution < -0.4 is 9.46 Å². The molecule has 7 nitrogen and oxygen atoms in total. The Hall–Kier alpha value is -2.13. The zero-order chi connectivity index (χ0) is 16.3. The Morgan fingerprint density at radius 3 is 2.50 bits per heavy atom. The molecule has 0 spiro atoms. The maximum atomic E-state index is 12.5. The molecule has 22 heavy (non-hydrogen) atoms. The van der Waals surface area contributed by atoms with Crippen molar-refractivity contribution in [3.8, 4) is 5.75 Å². The minimum atomic E-state index is -4.04. The molecule has 0 amide bonds. The minimum absolute atomic E-state index is 0.0187. The van der Waals surface area contributed by atoms with Crippen molar-refractivity contribution >= 4 is 37.3 Å². The number of anilines is 1. The average molecular weight is 387 g/mol. The fraction of sp³-hybridized carbons (Fsp3) is 0.0769. The first-order valence-corrected chi connectivity index (χ1v) is 8.22. The maximum absolute atomic E-state index is 12.5. The second-order valence-electron chi connectivity index (χ2n) is 4.18. The van der Waals surface area contributed by atoms with E-state index in [9.17, 15) is 18.5 Å². The molecule has 0 bridgehead atoms. The van der Waals surface area contributed by atoms with Crippen LogP contribution in [0.3, 0.4) is 0 Å². The summed E-state index contributed by atoms with van der Waals surface area (Å²) in [6.45, 7) is 0. The third-order valence-electron chi connectivity index (χ3n) is 2.77. The van der Waals surface area contributed by atoms with E-state index < -0.39 is 14.9 Å². The Labute approximate surface area is 135 Å². The summed E-state index contributed by atoms with van der Waals surface area (Å²) in [6, 6.07) is 10.00. The summed E-state index contributed by atoms with van der Waals surface area (Å²) in [4.78, 5) is 9.86. The van der Waals surface area contributed by atoms with Gasteiger partial charge in [-0.1, -0.05) is 12.1 Å². The van der Waals surface area contributed by atoms with E-state index in [1.807, 2.05) is 0 Å². The molecule has 0 unspecified atom stereocenters. The van der Waals surface area contributed by atoms with Gasteiger partial charge in [-0.05, 0) is 34.1 Å². The number of para-hydroxylation sites is 1. The van der Waals surface area contributed by atoms with Crippen LogP contribution in [0.5, 0.6) is 5.75 Å². The molecule has 0 aliphatic rings. The summed E-state index contributed by atoms with van der Waals surface area (Å²) in [5.41, 5.74) is -0.0237. The van der Waals surface area contributed by atoms with Crippen LogP contribution in [0, 0.1) is 10.1 Å². The Morgan fingerprint density at radius 1 is 1.23 bits per heavy atom. The van der Waals surface area contributed by atoms with Crippen LogP contribution in [0.15, 0.2) is 51.8 Å². The van der Waals surface area contributed by atoms with Gasteiger partial charge in [-0.25, -0.2) is 8.42 Å². The van der Waals surface area contributed by atoms with Gasteiger partial charge in [0.05, 0.1) is 17.7 Å². The zero-order valence-corrected chi connectivity index (χ0v) is 13.7. The zero-order valence-electron chi connectivity index (χ0n) is 11.3. The quantitative estimate of drug-likeness (QED) is 0.628. The number of halogens is 1. The highest BCUT2D eigenvalue weighted by atomic mass is 79.9. The van der Waals surface area contributed by atoms with Gasteiger partial charge < -0.3 is 4.74 Å². The second-order valence-corrected chi connectivity index (χ2v) is 6.68. The number of nitrogens with zero attached hydrogens (tertiary/aromatic N) is 1. The van der Waals surface area contributed by atoms with Crippen LogP contribution in [0.4, 0.5) is 11.4 Å². The van der Waals surface area contributed by atoms with Gasteiger partial charge in [-0.3, -0.25) is 14.8 Å². The number of sulfonamides is 1. The van der Waals surface area contributed by atoms with E-state index in [0.717, 1.165) is 6.07 Å². The SMILES string of the molecule is COc1ccc([N+](=O)[O-])cc1S(=O)(=O)Nc1ccccc1Br. The summed E-state index contributed by atoms with van der Waals surface area (Å²) in [5, 5.41) is 10.8. The molecular formula is C13H11BrN2O5S. The van der Waals surface area contributed by atoms with Crippen LogP contribution in [0.2, 0.25) is 0 Å². The Bertz CT molecular complexity index is 823. The van der Waals surface area contributed by atoms with Crippen molar-refractivity contribution < 1.29 is 18.1 Å². The number of nitro groups is 1. The number of nitrogens with one attached hydrogen (secondary N) is 1. The molecule has 2 aromatic carbocycles. The van der Waals surface area contributed by atoms with Crippen molar-refractivity contribution in [3.63, 3.8) is 0 Å². The van der Waals surface area contributed by atoms with Crippen LogP contribution >= 0.6 is 15.9 Å². The van der Waals surface area contributed by atoms with Crippen LogP contribution in [-0.2, 0) is 10.0 Å². The van der Waals surface area contributed by atoms with Gasteiger partial charge in [0.2, 0.25) is 0 Å². The summed E-state index contributed by atoms with van der Waals surface area (Å²) in [6.07, 6.45) is 0. The molecule has 0 aliphatic carbocycles. The number of non-ortho nitro benzene ring substituents is 1. The smallest absolute Gasteiger partial charge is 0.271 e. The first kappa shape index (κ1) is 16.2. The molecule has 2 rings (SSSR count). The number of benzene rings is 2. The summed E-state index contributed by atoms with van der Waals surface area (Å²) >= 11 is 3.23. The van der Waals surface area contributed by atoms with Gasteiger partial charge in [0.1, 0.15) is 10.6 Å². The lowest BCUT2D eigenvalue weighted by molar-refractivity contribution is -0.385. The lowest BCUT2D eigenvalue weighted by atomic mass is 10.3. The number of hydrogen-bond donors (Lipinski definition) is 1. The number of ether oxygens (including phenoxy) is 1. The highest BCUT2D eigenvalue weighted by Crippen LogP contribution is 2.31. The van der Waals surface area contributed by atoms with Gasteiger partial charge in [-0.15, -0.1) is 0 Å².